The van der Waals surface area contributed by atoms with Crippen LogP contribution in [0.1, 0.15) is 24.0 Å². The van der Waals surface area contributed by atoms with E-state index in [-0.39, 0.29) is 5.92 Å². The van der Waals surface area contributed by atoms with Gasteiger partial charge in [-0.05, 0) is 55.9 Å². The minimum Gasteiger partial charge on any atom is -0.261 e. The molecule has 1 aromatic rings. The standard InChI is InChI=1S/C15H23ClN2O2S/c1-12-7-13(2)9-15(8-12)17(3)21(19,20)18-6-4-5-14(10-16)11-18/h7-9,14H,4-6,10-11H2,1-3H3. The summed E-state index contributed by atoms with van der Waals surface area (Å²) in [6, 6.07) is 5.83. The molecule has 0 N–H and O–H groups in total. The minimum atomic E-state index is -3.48. The Bertz CT molecular complexity index is 583. The van der Waals surface area contributed by atoms with Gasteiger partial charge in [-0.3, -0.25) is 4.31 Å². The second kappa shape index (κ2) is 6.55. The summed E-state index contributed by atoms with van der Waals surface area (Å²) >= 11 is 5.90. The third-order valence-electron chi connectivity index (χ3n) is 3.94. The number of benzene rings is 1. The van der Waals surface area contributed by atoms with Crippen LogP contribution in [-0.2, 0) is 10.2 Å². The van der Waals surface area contributed by atoms with Crippen molar-refractivity contribution in [2.24, 2.45) is 5.92 Å². The molecular weight excluding hydrogens is 308 g/mol. The normalized spacial score (nSPS) is 20.5. The molecule has 0 bridgehead atoms. The Morgan fingerprint density at radius 3 is 2.48 bits per heavy atom. The van der Waals surface area contributed by atoms with Crippen molar-refractivity contribution in [3.8, 4) is 0 Å². The molecule has 118 valence electrons. The molecule has 1 saturated heterocycles. The van der Waals surface area contributed by atoms with Crippen molar-refractivity contribution in [2.45, 2.75) is 26.7 Å². The van der Waals surface area contributed by atoms with Crippen LogP contribution in [0, 0.1) is 19.8 Å². The average Bonchev–Trinajstić information content (AvgIpc) is 2.45. The fraction of sp³-hybridized carbons (Fsp3) is 0.600. The molecule has 1 fully saturated rings. The van der Waals surface area contributed by atoms with E-state index in [0.29, 0.717) is 24.7 Å². The van der Waals surface area contributed by atoms with Crippen LogP contribution < -0.4 is 4.31 Å². The highest BCUT2D eigenvalue weighted by atomic mass is 35.5. The molecule has 0 spiro atoms. The third kappa shape index (κ3) is 3.71. The van der Waals surface area contributed by atoms with Crippen LogP contribution in [0.25, 0.3) is 0 Å². The van der Waals surface area contributed by atoms with Crippen LogP contribution >= 0.6 is 11.6 Å². The lowest BCUT2D eigenvalue weighted by Crippen LogP contribution is -2.47. The summed E-state index contributed by atoms with van der Waals surface area (Å²) in [7, 11) is -1.86. The molecule has 1 heterocycles. The van der Waals surface area contributed by atoms with E-state index in [9.17, 15) is 8.42 Å². The molecule has 21 heavy (non-hydrogen) atoms. The first kappa shape index (κ1) is 16.6. The predicted octanol–water partition coefficient (Wildman–Crippen LogP) is 2.94. The molecule has 0 saturated carbocycles. The van der Waals surface area contributed by atoms with Crippen molar-refractivity contribution in [3.63, 3.8) is 0 Å². The van der Waals surface area contributed by atoms with E-state index in [0.717, 1.165) is 24.0 Å². The van der Waals surface area contributed by atoms with Crippen LogP contribution in [0.5, 0.6) is 0 Å². The molecule has 1 aromatic carbocycles. The Labute approximate surface area is 132 Å². The Morgan fingerprint density at radius 2 is 1.90 bits per heavy atom. The number of nitrogens with zero attached hydrogens (tertiary/aromatic N) is 2. The van der Waals surface area contributed by atoms with E-state index < -0.39 is 10.2 Å². The Balaban J connectivity index is 2.25. The van der Waals surface area contributed by atoms with Crippen molar-refractivity contribution in [1.82, 2.24) is 4.31 Å². The third-order valence-corrected chi connectivity index (χ3v) is 6.27. The Hall–Kier alpha value is -0.780. The molecule has 4 nitrogen and oxygen atoms in total. The second-order valence-corrected chi connectivity index (χ2v) is 8.11. The number of aryl methyl sites for hydroxylation is 2. The maximum atomic E-state index is 12.8. The maximum Gasteiger partial charge on any atom is 0.303 e. The van der Waals surface area contributed by atoms with E-state index in [1.807, 2.05) is 32.0 Å². The van der Waals surface area contributed by atoms with Gasteiger partial charge < -0.3 is 0 Å². The molecule has 1 atom stereocenters. The monoisotopic (exact) mass is 330 g/mol. The summed E-state index contributed by atoms with van der Waals surface area (Å²) in [5, 5.41) is 0. The lowest BCUT2D eigenvalue weighted by molar-refractivity contribution is 0.283. The molecule has 1 unspecified atom stereocenters. The fourth-order valence-corrected chi connectivity index (χ4v) is 4.53. The van der Waals surface area contributed by atoms with Gasteiger partial charge in [-0.1, -0.05) is 6.07 Å². The minimum absolute atomic E-state index is 0.253. The Morgan fingerprint density at radius 1 is 1.29 bits per heavy atom. The van der Waals surface area contributed by atoms with Crippen molar-refractivity contribution in [1.29, 1.82) is 0 Å². The smallest absolute Gasteiger partial charge is 0.261 e. The maximum absolute atomic E-state index is 12.8. The quantitative estimate of drug-likeness (QED) is 0.796. The summed E-state index contributed by atoms with van der Waals surface area (Å²) in [5.74, 6) is 0.766. The SMILES string of the molecule is Cc1cc(C)cc(N(C)S(=O)(=O)N2CCCC(CCl)C2)c1. The second-order valence-electron chi connectivity index (χ2n) is 5.84. The largest absolute Gasteiger partial charge is 0.303 e. The highest BCUT2D eigenvalue weighted by Crippen LogP contribution is 2.26. The van der Waals surface area contributed by atoms with Gasteiger partial charge in [-0.25, -0.2) is 0 Å². The molecule has 2 rings (SSSR count). The number of hydrogen-bond acceptors (Lipinski definition) is 2. The first-order valence-electron chi connectivity index (χ1n) is 7.23. The lowest BCUT2D eigenvalue weighted by atomic mass is 10.0. The number of rotatable bonds is 4. The molecule has 0 aliphatic carbocycles. The van der Waals surface area contributed by atoms with Gasteiger partial charge in [-0.15, -0.1) is 11.6 Å². The highest BCUT2D eigenvalue weighted by molar-refractivity contribution is 7.90. The highest BCUT2D eigenvalue weighted by Gasteiger charge is 2.31. The van der Waals surface area contributed by atoms with Crippen molar-refractivity contribution < 1.29 is 8.42 Å². The Kier molecular flexibility index (Phi) is 5.17. The summed E-state index contributed by atoms with van der Waals surface area (Å²) in [6.45, 7) is 5.04. The molecule has 0 amide bonds. The summed E-state index contributed by atoms with van der Waals surface area (Å²) in [4.78, 5) is 0. The lowest BCUT2D eigenvalue weighted by Gasteiger charge is -2.34. The van der Waals surface area contributed by atoms with Crippen LogP contribution in [-0.4, -0.2) is 38.7 Å². The number of hydrogen-bond donors (Lipinski definition) is 0. The van der Waals surface area contributed by atoms with Crippen molar-refractivity contribution in [2.75, 3.05) is 30.3 Å². The van der Waals surface area contributed by atoms with E-state index in [1.165, 1.54) is 4.31 Å². The molecule has 6 heteroatoms. The first-order chi connectivity index (χ1) is 9.84. The zero-order valence-electron chi connectivity index (χ0n) is 12.8. The molecule has 0 radical (unpaired) electrons. The number of alkyl halides is 1. The van der Waals surface area contributed by atoms with Crippen molar-refractivity contribution in [3.05, 3.63) is 29.3 Å². The molecule has 0 aromatic heterocycles. The number of halogens is 1. The van der Waals surface area contributed by atoms with E-state index >= 15 is 0 Å². The van der Waals surface area contributed by atoms with Crippen LogP contribution in [0.4, 0.5) is 5.69 Å². The van der Waals surface area contributed by atoms with Gasteiger partial charge in [-0.2, -0.15) is 12.7 Å². The van der Waals surface area contributed by atoms with E-state index in [4.69, 9.17) is 11.6 Å². The van der Waals surface area contributed by atoms with Crippen LogP contribution in [0.15, 0.2) is 18.2 Å². The van der Waals surface area contributed by atoms with E-state index in [1.54, 1.807) is 11.4 Å². The summed E-state index contributed by atoms with van der Waals surface area (Å²) < 4.78 is 28.5. The predicted molar refractivity (Wildman–Crippen MR) is 88.3 cm³/mol. The van der Waals surface area contributed by atoms with Crippen LogP contribution in [0.2, 0.25) is 0 Å². The van der Waals surface area contributed by atoms with Gasteiger partial charge in [0.15, 0.2) is 0 Å². The first-order valence-corrected chi connectivity index (χ1v) is 9.16. The van der Waals surface area contributed by atoms with Gasteiger partial charge in [0.2, 0.25) is 0 Å². The topological polar surface area (TPSA) is 40.6 Å². The van der Waals surface area contributed by atoms with E-state index in [2.05, 4.69) is 0 Å². The van der Waals surface area contributed by atoms with Gasteiger partial charge in [0.05, 0.1) is 5.69 Å². The van der Waals surface area contributed by atoms with Gasteiger partial charge in [0.1, 0.15) is 0 Å². The zero-order chi connectivity index (χ0) is 15.6. The fourth-order valence-electron chi connectivity index (χ4n) is 2.80. The zero-order valence-corrected chi connectivity index (χ0v) is 14.4. The van der Waals surface area contributed by atoms with Gasteiger partial charge in [0.25, 0.3) is 0 Å². The molecular formula is C15H23ClN2O2S. The number of piperidine rings is 1. The van der Waals surface area contributed by atoms with Crippen molar-refractivity contribution >= 4 is 27.5 Å². The average molecular weight is 331 g/mol. The van der Waals surface area contributed by atoms with Crippen LogP contribution in [0.3, 0.4) is 0 Å². The molecule has 1 aliphatic heterocycles. The summed E-state index contributed by atoms with van der Waals surface area (Å²) in [6.07, 6.45) is 1.88. The van der Waals surface area contributed by atoms with Gasteiger partial charge >= 0.3 is 10.2 Å². The molecule has 1 aliphatic rings. The summed E-state index contributed by atoms with van der Waals surface area (Å²) in [5.41, 5.74) is 2.83. The number of anilines is 1. The van der Waals surface area contributed by atoms with Gasteiger partial charge in [0, 0.05) is 26.0 Å².